The second-order valence-electron chi connectivity index (χ2n) is 8.59. The molecule has 0 saturated heterocycles. The Balaban J connectivity index is 1.65. The summed E-state index contributed by atoms with van der Waals surface area (Å²) in [6.45, 7) is 2.01. The van der Waals surface area contributed by atoms with Crippen molar-refractivity contribution in [2.24, 2.45) is 12.5 Å². The Kier molecular flexibility index (Phi) is 4.89. The summed E-state index contributed by atoms with van der Waals surface area (Å²) >= 11 is 0. The number of carbonyl (C=O) groups is 1. The number of benzene rings is 2. The minimum absolute atomic E-state index is 0.0196. The molecule has 5 rings (SSSR count). The van der Waals surface area contributed by atoms with E-state index in [1.807, 2.05) is 62.6 Å². The number of ether oxygens (including phenoxy) is 1. The first-order valence-electron chi connectivity index (χ1n) is 10.7. The van der Waals surface area contributed by atoms with Gasteiger partial charge in [-0.1, -0.05) is 43.7 Å². The molecule has 2 aromatic heterocycles. The molecule has 2 aromatic carbocycles. The van der Waals surface area contributed by atoms with E-state index in [0.29, 0.717) is 11.4 Å². The van der Waals surface area contributed by atoms with Crippen molar-refractivity contribution < 1.29 is 9.53 Å². The molecule has 0 unspecified atom stereocenters. The first-order valence-corrected chi connectivity index (χ1v) is 10.7. The Labute approximate surface area is 186 Å². The van der Waals surface area contributed by atoms with Crippen LogP contribution < -0.4 is 10.1 Å². The predicted molar refractivity (Wildman–Crippen MR) is 124 cm³/mol. The maximum Gasteiger partial charge on any atom is 0.230 e. The van der Waals surface area contributed by atoms with Gasteiger partial charge in [-0.25, -0.2) is 9.97 Å². The number of hydrogen-bond acceptors (Lipinski definition) is 5. The van der Waals surface area contributed by atoms with Crippen LogP contribution in [0.1, 0.15) is 26.2 Å². The van der Waals surface area contributed by atoms with Gasteiger partial charge in [0.15, 0.2) is 0 Å². The van der Waals surface area contributed by atoms with E-state index in [0.717, 1.165) is 52.7 Å². The molecule has 7 nitrogen and oxygen atoms in total. The summed E-state index contributed by atoms with van der Waals surface area (Å²) < 4.78 is 7.36. The normalized spacial score (nSPS) is 14.7. The monoisotopic (exact) mass is 427 g/mol. The van der Waals surface area contributed by atoms with Crippen LogP contribution in [0.4, 0.5) is 5.69 Å². The average Bonchev–Trinajstić information content (AvgIpc) is 3.18. The third-order valence-corrected chi connectivity index (χ3v) is 6.34. The van der Waals surface area contributed by atoms with E-state index >= 15 is 0 Å². The minimum atomic E-state index is -0.320. The molecule has 1 aliphatic rings. The maximum absolute atomic E-state index is 12.9. The van der Waals surface area contributed by atoms with Crippen LogP contribution in [0.3, 0.4) is 0 Å². The number of methoxy groups -OCH3 is 1. The molecule has 0 atom stereocenters. The number of amides is 1. The van der Waals surface area contributed by atoms with Crippen LogP contribution in [0.2, 0.25) is 0 Å². The highest BCUT2D eigenvalue weighted by molar-refractivity contribution is 6.03. The highest BCUT2D eigenvalue weighted by atomic mass is 16.5. The second-order valence-corrected chi connectivity index (χ2v) is 8.59. The number of aromatic nitrogens is 4. The van der Waals surface area contributed by atoms with Gasteiger partial charge in [-0.05, 0) is 18.9 Å². The number of carbonyl (C=O) groups excluding carboxylic acids is 1. The topological polar surface area (TPSA) is 81.9 Å². The number of anilines is 1. The van der Waals surface area contributed by atoms with Crippen molar-refractivity contribution in [2.45, 2.75) is 26.2 Å². The predicted octanol–water partition coefficient (Wildman–Crippen LogP) is 4.83. The van der Waals surface area contributed by atoms with Gasteiger partial charge in [0.1, 0.15) is 17.8 Å². The minimum Gasteiger partial charge on any atom is -0.494 e. The molecule has 1 aliphatic carbocycles. The van der Waals surface area contributed by atoms with Crippen LogP contribution in [0.25, 0.3) is 33.4 Å². The molecule has 2 heterocycles. The lowest BCUT2D eigenvalue weighted by atomic mass is 9.70. The molecule has 1 N–H and O–H groups in total. The van der Waals surface area contributed by atoms with E-state index in [1.54, 1.807) is 18.1 Å². The quantitative estimate of drug-likeness (QED) is 0.493. The molecule has 1 saturated carbocycles. The second kappa shape index (κ2) is 7.75. The van der Waals surface area contributed by atoms with E-state index in [9.17, 15) is 4.79 Å². The lowest BCUT2D eigenvalue weighted by molar-refractivity contribution is -0.128. The molecular weight excluding hydrogens is 402 g/mol. The molecule has 0 radical (unpaired) electrons. The van der Waals surface area contributed by atoms with Gasteiger partial charge in [0.05, 0.1) is 24.0 Å². The molecule has 162 valence electrons. The van der Waals surface area contributed by atoms with Gasteiger partial charge in [-0.15, -0.1) is 0 Å². The molecule has 7 heteroatoms. The molecule has 4 aromatic rings. The number of hydrogen-bond donors (Lipinski definition) is 1. The van der Waals surface area contributed by atoms with Gasteiger partial charge >= 0.3 is 0 Å². The Bertz CT molecular complexity index is 1310. The van der Waals surface area contributed by atoms with Gasteiger partial charge in [0.25, 0.3) is 0 Å². The van der Waals surface area contributed by atoms with E-state index < -0.39 is 0 Å². The van der Waals surface area contributed by atoms with Crippen molar-refractivity contribution in [1.82, 2.24) is 19.7 Å². The zero-order valence-corrected chi connectivity index (χ0v) is 18.4. The van der Waals surface area contributed by atoms with E-state index in [4.69, 9.17) is 4.74 Å². The Morgan fingerprint density at radius 2 is 1.91 bits per heavy atom. The summed E-state index contributed by atoms with van der Waals surface area (Å²) in [5, 5.41) is 8.59. The molecule has 0 bridgehead atoms. The van der Waals surface area contributed by atoms with Crippen molar-refractivity contribution in [3.8, 4) is 28.3 Å². The molecular formula is C25H25N5O2. The number of nitrogens with zero attached hydrogens (tertiary/aromatic N) is 4. The first kappa shape index (κ1) is 20.2. The lowest BCUT2D eigenvalue weighted by Gasteiger charge is -2.36. The largest absolute Gasteiger partial charge is 0.494 e. The van der Waals surface area contributed by atoms with Crippen LogP contribution in [0.5, 0.6) is 5.75 Å². The van der Waals surface area contributed by atoms with Crippen molar-refractivity contribution >= 4 is 22.5 Å². The van der Waals surface area contributed by atoms with Crippen LogP contribution in [-0.4, -0.2) is 32.8 Å². The van der Waals surface area contributed by atoms with Crippen molar-refractivity contribution in [1.29, 1.82) is 0 Å². The maximum atomic E-state index is 12.9. The summed E-state index contributed by atoms with van der Waals surface area (Å²) in [5.74, 6) is 0.596. The molecule has 0 spiro atoms. The zero-order valence-electron chi connectivity index (χ0n) is 18.4. The highest BCUT2D eigenvalue weighted by Gasteiger charge is 2.39. The molecule has 1 fully saturated rings. The van der Waals surface area contributed by atoms with Gasteiger partial charge in [0.2, 0.25) is 5.91 Å². The fourth-order valence-corrected chi connectivity index (χ4v) is 4.24. The Morgan fingerprint density at radius 1 is 1.12 bits per heavy atom. The zero-order chi connectivity index (χ0) is 22.3. The molecule has 1 amide bonds. The van der Waals surface area contributed by atoms with Crippen molar-refractivity contribution in [3.05, 3.63) is 55.0 Å². The highest BCUT2D eigenvalue weighted by Crippen LogP contribution is 2.43. The van der Waals surface area contributed by atoms with Gasteiger partial charge < -0.3 is 10.1 Å². The third kappa shape index (κ3) is 3.39. The summed E-state index contributed by atoms with van der Waals surface area (Å²) in [6, 6.07) is 13.8. The average molecular weight is 428 g/mol. The van der Waals surface area contributed by atoms with Crippen LogP contribution >= 0.6 is 0 Å². The summed E-state index contributed by atoms with van der Waals surface area (Å²) in [5.41, 5.74) is 4.56. The number of aryl methyl sites for hydroxylation is 1. The number of rotatable bonds is 5. The fraction of sp³-hybridized carbons (Fsp3) is 0.280. The van der Waals surface area contributed by atoms with E-state index in [2.05, 4.69) is 20.4 Å². The number of fused-ring (bicyclic) bond motifs is 1. The molecule has 0 aliphatic heterocycles. The van der Waals surface area contributed by atoms with Crippen LogP contribution in [0, 0.1) is 5.41 Å². The summed E-state index contributed by atoms with van der Waals surface area (Å²) in [6.07, 6.45) is 6.40. The Hall–Kier alpha value is -3.74. The van der Waals surface area contributed by atoms with Crippen molar-refractivity contribution in [3.63, 3.8) is 0 Å². The van der Waals surface area contributed by atoms with E-state index in [-0.39, 0.29) is 11.3 Å². The first-order chi connectivity index (χ1) is 15.5. The lowest BCUT2D eigenvalue weighted by Crippen LogP contribution is -2.39. The van der Waals surface area contributed by atoms with Gasteiger partial charge in [0, 0.05) is 41.2 Å². The SMILES string of the molecule is COc1cc2ncnc(-c3cn(C)nc3-c3ccccc3)c2cc1NC(=O)C1(C)CCC1. The van der Waals surface area contributed by atoms with Crippen LogP contribution in [-0.2, 0) is 11.8 Å². The smallest absolute Gasteiger partial charge is 0.230 e. The summed E-state index contributed by atoms with van der Waals surface area (Å²) in [7, 11) is 3.49. The van der Waals surface area contributed by atoms with E-state index in [1.165, 1.54) is 0 Å². The van der Waals surface area contributed by atoms with Gasteiger partial charge in [-0.3, -0.25) is 9.48 Å². The summed E-state index contributed by atoms with van der Waals surface area (Å²) in [4.78, 5) is 22.0. The Morgan fingerprint density at radius 3 is 2.59 bits per heavy atom. The molecule has 32 heavy (non-hydrogen) atoms. The van der Waals surface area contributed by atoms with Gasteiger partial charge in [-0.2, -0.15) is 5.10 Å². The third-order valence-electron chi connectivity index (χ3n) is 6.34. The van der Waals surface area contributed by atoms with Crippen LogP contribution in [0.15, 0.2) is 55.0 Å². The van der Waals surface area contributed by atoms with Crippen molar-refractivity contribution in [2.75, 3.05) is 12.4 Å². The standard InChI is InChI=1S/C25H25N5O2/c1-25(10-7-11-25)24(31)28-20-12-17-19(13-21(20)32-3)26-15-27-23(17)18-14-30(2)29-22(18)16-8-5-4-6-9-16/h4-6,8-9,12-15H,7,10-11H2,1-3H3,(H,28,31). The number of nitrogens with one attached hydrogen (secondary N) is 1. The fourth-order valence-electron chi connectivity index (χ4n) is 4.24.